The van der Waals surface area contributed by atoms with Gasteiger partial charge in [0.25, 0.3) is 0 Å². The molecule has 0 bridgehead atoms. The van der Waals surface area contributed by atoms with Crippen molar-refractivity contribution in [2.45, 2.75) is 25.9 Å². The quantitative estimate of drug-likeness (QED) is 0.498. The van der Waals surface area contributed by atoms with Gasteiger partial charge in [-0.2, -0.15) is 0 Å². The summed E-state index contributed by atoms with van der Waals surface area (Å²) in [6.07, 6.45) is 0. The van der Waals surface area contributed by atoms with Crippen molar-refractivity contribution < 1.29 is 0 Å². The predicted octanol–water partition coefficient (Wildman–Crippen LogP) is 5.29. The van der Waals surface area contributed by atoms with Crippen LogP contribution in [0.2, 0.25) is 0 Å². The number of hydrogen-bond donors (Lipinski definition) is 2. The maximum Gasteiger partial charge on any atom is 0.171 e. The van der Waals surface area contributed by atoms with Crippen LogP contribution >= 0.6 is 23.6 Å². The first kappa shape index (κ1) is 21.8. The van der Waals surface area contributed by atoms with Crippen molar-refractivity contribution in [3.63, 3.8) is 0 Å². The second-order valence-corrected chi connectivity index (χ2v) is 9.41. The zero-order valence-corrected chi connectivity index (χ0v) is 19.8. The van der Waals surface area contributed by atoms with E-state index in [9.17, 15) is 0 Å². The van der Waals surface area contributed by atoms with Gasteiger partial charge in [0.05, 0.1) is 6.04 Å². The van der Waals surface area contributed by atoms with E-state index in [1.165, 1.54) is 16.1 Å². The molecule has 1 saturated heterocycles. The molecule has 2 atom stereocenters. The molecule has 0 aliphatic carbocycles. The third-order valence-corrected chi connectivity index (χ3v) is 7.05. The molecule has 2 N–H and O–H groups in total. The van der Waals surface area contributed by atoms with Crippen LogP contribution in [0.1, 0.15) is 23.4 Å². The Balaban J connectivity index is 1.42. The van der Waals surface area contributed by atoms with E-state index < -0.39 is 0 Å². The highest BCUT2D eigenvalue weighted by Gasteiger charge is 2.30. The van der Waals surface area contributed by atoms with Crippen molar-refractivity contribution in [3.05, 3.63) is 82.6 Å². The standard InChI is InChI=1S/C25H30N4S2/c1-19-9-6-7-12-22(19)27-25(30)26-20(2)24(23-13-8-18-31-23)29-16-14-28(15-17-29)21-10-4-3-5-11-21/h3-13,18,20,24H,14-17H2,1-2H3,(H2,26,27,30). The molecule has 2 unspecified atom stereocenters. The molecule has 4 nitrogen and oxygen atoms in total. The summed E-state index contributed by atoms with van der Waals surface area (Å²) < 4.78 is 0. The average molecular weight is 451 g/mol. The van der Waals surface area contributed by atoms with Crippen LogP contribution < -0.4 is 15.5 Å². The Bertz CT molecular complexity index is 966. The molecular weight excluding hydrogens is 420 g/mol. The minimum atomic E-state index is 0.186. The summed E-state index contributed by atoms with van der Waals surface area (Å²) in [5.41, 5.74) is 3.55. The molecule has 6 heteroatoms. The zero-order valence-electron chi connectivity index (χ0n) is 18.1. The van der Waals surface area contributed by atoms with Crippen LogP contribution in [0.15, 0.2) is 72.1 Å². The van der Waals surface area contributed by atoms with E-state index in [0.717, 1.165) is 31.9 Å². The van der Waals surface area contributed by atoms with Crippen LogP contribution in [0.3, 0.4) is 0 Å². The van der Waals surface area contributed by atoms with Gasteiger partial charge in [-0.3, -0.25) is 4.90 Å². The second-order valence-electron chi connectivity index (χ2n) is 8.02. The molecule has 3 aromatic rings. The first-order valence-electron chi connectivity index (χ1n) is 10.8. The van der Waals surface area contributed by atoms with Crippen LogP contribution in [0.4, 0.5) is 11.4 Å². The lowest BCUT2D eigenvalue weighted by atomic mass is 10.0. The zero-order chi connectivity index (χ0) is 21.6. The van der Waals surface area contributed by atoms with Crippen molar-refractivity contribution in [1.82, 2.24) is 10.2 Å². The van der Waals surface area contributed by atoms with Crippen LogP contribution in [-0.2, 0) is 0 Å². The van der Waals surface area contributed by atoms with Crippen molar-refractivity contribution >= 4 is 40.0 Å². The number of thiocarbonyl (C=S) groups is 1. The summed E-state index contributed by atoms with van der Waals surface area (Å²) in [7, 11) is 0. The molecule has 2 aromatic carbocycles. The van der Waals surface area contributed by atoms with E-state index in [2.05, 4.69) is 94.3 Å². The fourth-order valence-electron chi connectivity index (χ4n) is 4.26. The van der Waals surface area contributed by atoms with E-state index >= 15 is 0 Å². The summed E-state index contributed by atoms with van der Waals surface area (Å²) in [6.45, 7) is 8.45. The van der Waals surface area contributed by atoms with Crippen LogP contribution in [0.5, 0.6) is 0 Å². The molecule has 0 spiro atoms. The van der Waals surface area contributed by atoms with E-state index in [-0.39, 0.29) is 12.1 Å². The Morgan fingerprint density at radius 2 is 1.65 bits per heavy atom. The molecule has 1 fully saturated rings. The van der Waals surface area contributed by atoms with E-state index in [1.807, 2.05) is 23.5 Å². The number of anilines is 2. The molecular formula is C25H30N4S2. The molecule has 4 rings (SSSR count). The number of hydrogen-bond acceptors (Lipinski definition) is 4. The highest BCUT2D eigenvalue weighted by atomic mass is 32.1. The molecule has 1 aliphatic heterocycles. The number of rotatable bonds is 6. The van der Waals surface area contributed by atoms with Gasteiger partial charge in [-0.25, -0.2) is 0 Å². The molecule has 162 valence electrons. The number of piperazine rings is 1. The Morgan fingerprint density at radius 3 is 2.32 bits per heavy atom. The molecule has 1 aliphatic rings. The van der Waals surface area contributed by atoms with Gasteiger partial charge < -0.3 is 15.5 Å². The van der Waals surface area contributed by atoms with Gasteiger partial charge in [-0.15, -0.1) is 11.3 Å². The Morgan fingerprint density at radius 1 is 0.935 bits per heavy atom. The normalized spacial score (nSPS) is 16.5. The minimum Gasteiger partial charge on any atom is -0.369 e. The minimum absolute atomic E-state index is 0.186. The summed E-state index contributed by atoms with van der Waals surface area (Å²) in [6, 6.07) is 23.8. The molecule has 0 amide bonds. The van der Waals surface area contributed by atoms with Gasteiger partial charge in [-0.1, -0.05) is 42.5 Å². The fourth-order valence-corrected chi connectivity index (χ4v) is 5.52. The van der Waals surface area contributed by atoms with Gasteiger partial charge in [0.2, 0.25) is 0 Å². The van der Waals surface area contributed by atoms with Crippen molar-refractivity contribution in [3.8, 4) is 0 Å². The van der Waals surface area contributed by atoms with Crippen LogP contribution in [0, 0.1) is 6.92 Å². The summed E-state index contributed by atoms with van der Waals surface area (Å²) in [4.78, 5) is 6.45. The molecule has 31 heavy (non-hydrogen) atoms. The number of nitrogens with one attached hydrogen (secondary N) is 2. The first-order valence-corrected chi connectivity index (χ1v) is 12.1. The maximum atomic E-state index is 5.66. The SMILES string of the molecule is Cc1ccccc1NC(=S)NC(C)C(c1cccs1)N1CCN(c2ccccc2)CC1. The lowest BCUT2D eigenvalue weighted by Gasteiger charge is -2.42. The third-order valence-electron chi connectivity index (χ3n) is 5.89. The average Bonchev–Trinajstić information content (AvgIpc) is 3.31. The molecule has 1 aromatic heterocycles. The van der Waals surface area contributed by atoms with Crippen molar-refractivity contribution in [1.29, 1.82) is 0 Å². The lowest BCUT2D eigenvalue weighted by Crippen LogP contribution is -2.52. The summed E-state index contributed by atoms with van der Waals surface area (Å²) >= 11 is 7.48. The number of thiophene rings is 1. The van der Waals surface area contributed by atoms with Crippen molar-refractivity contribution in [2.24, 2.45) is 0 Å². The Hall–Kier alpha value is -2.41. The maximum absolute atomic E-state index is 5.66. The number of benzene rings is 2. The van der Waals surface area contributed by atoms with E-state index in [0.29, 0.717) is 5.11 Å². The van der Waals surface area contributed by atoms with Crippen LogP contribution in [0.25, 0.3) is 0 Å². The Labute approximate surface area is 194 Å². The first-order chi connectivity index (χ1) is 15.1. The van der Waals surface area contributed by atoms with Gasteiger partial charge in [0.1, 0.15) is 0 Å². The number of para-hydroxylation sites is 2. The summed E-state index contributed by atoms with van der Waals surface area (Å²) in [5.74, 6) is 0. The largest absolute Gasteiger partial charge is 0.369 e. The van der Waals surface area contributed by atoms with Gasteiger partial charge in [-0.05, 0) is 61.3 Å². The van der Waals surface area contributed by atoms with Gasteiger partial charge in [0.15, 0.2) is 5.11 Å². The van der Waals surface area contributed by atoms with E-state index in [4.69, 9.17) is 12.2 Å². The molecule has 2 heterocycles. The highest BCUT2D eigenvalue weighted by Crippen LogP contribution is 2.30. The topological polar surface area (TPSA) is 30.5 Å². The molecule has 0 radical (unpaired) electrons. The second kappa shape index (κ2) is 10.3. The third kappa shape index (κ3) is 5.45. The Kier molecular flexibility index (Phi) is 7.22. The van der Waals surface area contributed by atoms with Crippen molar-refractivity contribution in [2.75, 3.05) is 36.4 Å². The number of aryl methyl sites for hydroxylation is 1. The van der Waals surface area contributed by atoms with Gasteiger partial charge >= 0.3 is 0 Å². The lowest BCUT2D eigenvalue weighted by molar-refractivity contribution is 0.163. The predicted molar refractivity (Wildman–Crippen MR) is 137 cm³/mol. The monoisotopic (exact) mass is 450 g/mol. The molecule has 0 saturated carbocycles. The summed E-state index contributed by atoms with van der Waals surface area (Å²) in [5, 5.41) is 9.76. The number of nitrogens with zero attached hydrogens (tertiary/aromatic N) is 2. The van der Waals surface area contributed by atoms with Crippen LogP contribution in [-0.4, -0.2) is 42.2 Å². The fraction of sp³-hybridized carbons (Fsp3) is 0.320. The van der Waals surface area contributed by atoms with Gasteiger partial charge in [0, 0.05) is 48.5 Å². The highest BCUT2D eigenvalue weighted by molar-refractivity contribution is 7.80. The smallest absolute Gasteiger partial charge is 0.171 e. The van der Waals surface area contributed by atoms with E-state index in [1.54, 1.807) is 0 Å².